The SMILES string of the molecule is CCCCCC(C)(C)CNC(=O)c1ccc(S)cc1. The number of benzene rings is 1. The molecule has 0 fully saturated rings. The average Bonchev–Trinajstić information content (AvgIpc) is 2.37. The van der Waals surface area contributed by atoms with E-state index in [1.165, 1.54) is 19.3 Å². The summed E-state index contributed by atoms with van der Waals surface area (Å²) in [6.45, 7) is 7.34. The van der Waals surface area contributed by atoms with Crippen LogP contribution >= 0.6 is 12.6 Å². The van der Waals surface area contributed by atoms with Gasteiger partial charge in [0, 0.05) is 17.0 Å². The lowest BCUT2D eigenvalue weighted by Crippen LogP contribution is -2.34. The minimum absolute atomic E-state index is 0.00287. The third-order valence-corrected chi connectivity index (χ3v) is 3.61. The first-order valence-electron chi connectivity index (χ1n) is 7.02. The molecular formula is C16H25NOS. The van der Waals surface area contributed by atoms with Crippen LogP contribution in [0.3, 0.4) is 0 Å². The number of carbonyl (C=O) groups excluding carboxylic acids is 1. The number of carbonyl (C=O) groups is 1. The minimum Gasteiger partial charge on any atom is -0.352 e. The molecule has 0 unspecified atom stereocenters. The van der Waals surface area contributed by atoms with Gasteiger partial charge in [0.1, 0.15) is 0 Å². The van der Waals surface area contributed by atoms with E-state index in [-0.39, 0.29) is 11.3 Å². The van der Waals surface area contributed by atoms with E-state index in [1.54, 1.807) is 0 Å². The van der Waals surface area contributed by atoms with Crippen molar-refractivity contribution in [1.82, 2.24) is 5.32 Å². The van der Waals surface area contributed by atoms with Gasteiger partial charge in [-0.15, -0.1) is 12.6 Å². The normalized spacial score (nSPS) is 11.4. The Kier molecular flexibility index (Phi) is 6.43. The van der Waals surface area contributed by atoms with Crippen LogP contribution in [0.5, 0.6) is 0 Å². The van der Waals surface area contributed by atoms with Gasteiger partial charge in [-0.1, -0.05) is 40.0 Å². The highest BCUT2D eigenvalue weighted by atomic mass is 32.1. The summed E-state index contributed by atoms with van der Waals surface area (Å²) in [6, 6.07) is 7.29. The van der Waals surface area contributed by atoms with Gasteiger partial charge in [-0.3, -0.25) is 4.79 Å². The molecule has 2 nitrogen and oxygen atoms in total. The monoisotopic (exact) mass is 279 g/mol. The molecule has 1 amide bonds. The van der Waals surface area contributed by atoms with Gasteiger partial charge < -0.3 is 5.32 Å². The Morgan fingerprint density at radius 1 is 1.21 bits per heavy atom. The fourth-order valence-electron chi connectivity index (χ4n) is 1.98. The third-order valence-electron chi connectivity index (χ3n) is 3.31. The molecule has 0 aliphatic carbocycles. The van der Waals surface area contributed by atoms with Crippen molar-refractivity contribution < 1.29 is 4.79 Å². The van der Waals surface area contributed by atoms with Crippen LogP contribution in [-0.4, -0.2) is 12.5 Å². The summed E-state index contributed by atoms with van der Waals surface area (Å²) in [6.07, 6.45) is 4.88. The molecule has 0 saturated heterocycles. The first-order chi connectivity index (χ1) is 8.94. The van der Waals surface area contributed by atoms with Crippen LogP contribution in [0.2, 0.25) is 0 Å². The van der Waals surface area contributed by atoms with Gasteiger partial charge in [0.25, 0.3) is 5.91 Å². The van der Waals surface area contributed by atoms with E-state index >= 15 is 0 Å². The van der Waals surface area contributed by atoms with E-state index in [0.717, 1.165) is 17.9 Å². The fourth-order valence-corrected chi connectivity index (χ4v) is 2.13. The van der Waals surface area contributed by atoms with E-state index in [4.69, 9.17) is 0 Å². The molecule has 0 aromatic heterocycles. The van der Waals surface area contributed by atoms with Crippen LogP contribution < -0.4 is 5.32 Å². The first-order valence-corrected chi connectivity index (χ1v) is 7.46. The molecule has 19 heavy (non-hydrogen) atoms. The van der Waals surface area contributed by atoms with Gasteiger partial charge in [-0.2, -0.15) is 0 Å². The van der Waals surface area contributed by atoms with Gasteiger partial charge in [0.2, 0.25) is 0 Å². The molecule has 0 aliphatic rings. The molecule has 0 atom stereocenters. The molecule has 1 rings (SSSR count). The van der Waals surface area contributed by atoms with Gasteiger partial charge in [-0.25, -0.2) is 0 Å². The highest BCUT2D eigenvalue weighted by Crippen LogP contribution is 2.22. The second-order valence-electron chi connectivity index (χ2n) is 5.85. The van der Waals surface area contributed by atoms with Crippen LogP contribution in [0, 0.1) is 5.41 Å². The molecule has 1 N–H and O–H groups in total. The highest BCUT2D eigenvalue weighted by Gasteiger charge is 2.18. The van der Waals surface area contributed by atoms with Crippen LogP contribution in [0.4, 0.5) is 0 Å². The number of hydrogen-bond acceptors (Lipinski definition) is 2. The Bertz CT molecular complexity index is 398. The summed E-state index contributed by atoms with van der Waals surface area (Å²) >= 11 is 4.21. The van der Waals surface area contributed by atoms with E-state index < -0.39 is 0 Å². The van der Waals surface area contributed by atoms with Crippen LogP contribution in [0.15, 0.2) is 29.2 Å². The zero-order chi connectivity index (χ0) is 14.3. The van der Waals surface area contributed by atoms with Crippen molar-refractivity contribution in [3.63, 3.8) is 0 Å². The topological polar surface area (TPSA) is 29.1 Å². The Hall–Kier alpha value is -0.960. The van der Waals surface area contributed by atoms with Crippen LogP contribution in [-0.2, 0) is 0 Å². The Morgan fingerprint density at radius 2 is 1.84 bits per heavy atom. The predicted octanol–water partition coefficient (Wildman–Crippen LogP) is 4.31. The molecule has 1 aromatic rings. The Morgan fingerprint density at radius 3 is 2.42 bits per heavy atom. The van der Waals surface area contributed by atoms with Gasteiger partial charge >= 0.3 is 0 Å². The van der Waals surface area contributed by atoms with Crippen molar-refractivity contribution in [2.75, 3.05) is 6.54 Å². The molecule has 0 saturated carbocycles. The average molecular weight is 279 g/mol. The summed E-state index contributed by atoms with van der Waals surface area (Å²) in [4.78, 5) is 12.9. The number of nitrogens with one attached hydrogen (secondary N) is 1. The summed E-state index contributed by atoms with van der Waals surface area (Å²) < 4.78 is 0. The molecule has 0 bridgehead atoms. The molecule has 0 aliphatic heterocycles. The standard InChI is InChI=1S/C16H25NOS/c1-4-5-6-11-16(2,3)12-17-15(18)13-7-9-14(19)10-8-13/h7-10,19H,4-6,11-12H2,1-3H3,(H,17,18). The lowest BCUT2D eigenvalue weighted by Gasteiger charge is -2.25. The molecule has 106 valence electrons. The smallest absolute Gasteiger partial charge is 0.251 e. The second-order valence-corrected chi connectivity index (χ2v) is 6.37. The number of rotatable bonds is 7. The Balaban J connectivity index is 2.42. The van der Waals surface area contributed by atoms with E-state index in [1.807, 2.05) is 24.3 Å². The lowest BCUT2D eigenvalue weighted by molar-refractivity contribution is 0.0934. The number of amides is 1. The fraction of sp³-hybridized carbons (Fsp3) is 0.562. The lowest BCUT2D eigenvalue weighted by atomic mass is 9.87. The maximum absolute atomic E-state index is 12.0. The maximum atomic E-state index is 12.0. The quantitative estimate of drug-likeness (QED) is 0.565. The number of hydrogen-bond donors (Lipinski definition) is 2. The second kappa shape index (κ2) is 7.59. The summed E-state index contributed by atoms with van der Waals surface area (Å²) in [7, 11) is 0. The van der Waals surface area contributed by atoms with Crippen molar-refractivity contribution in [2.45, 2.75) is 51.3 Å². The van der Waals surface area contributed by atoms with E-state index in [9.17, 15) is 4.79 Å². The highest BCUT2D eigenvalue weighted by molar-refractivity contribution is 7.80. The van der Waals surface area contributed by atoms with E-state index in [2.05, 4.69) is 38.7 Å². The molecule has 0 heterocycles. The first kappa shape index (κ1) is 16.1. The van der Waals surface area contributed by atoms with Crippen LogP contribution in [0.25, 0.3) is 0 Å². The van der Waals surface area contributed by atoms with Crippen LogP contribution in [0.1, 0.15) is 56.8 Å². The van der Waals surface area contributed by atoms with Crippen molar-refractivity contribution >= 4 is 18.5 Å². The zero-order valence-corrected chi connectivity index (χ0v) is 13.1. The molecule has 3 heteroatoms. The maximum Gasteiger partial charge on any atom is 0.251 e. The largest absolute Gasteiger partial charge is 0.352 e. The molecule has 1 aromatic carbocycles. The molecule has 0 radical (unpaired) electrons. The Labute approximate surface area is 122 Å². The summed E-state index contributed by atoms with van der Waals surface area (Å²) in [5, 5.41) is 3.02. The number of unbranched alkanes of at least 4 members (excludes halogenated alkanes) is 2. The van der Waals surface area contributed by atoms with Gasteiger partial charge in [0.05, 0.1) is 0 Å². The van der Waals surface area contributed by atoms with Crippen molar-refractivity contribution in [1.29, 1.82) is 0 Å². The molecular weight excluding hydrogens is 254 g/mol. The zero-order valence-electron chi connectivity index (χ0n) is 12.2. The van der Waals surface area contributed by atoms with Gasteiger partial charge in [0.15, 0.2) is 0 Å². The van der Waals surface area contributed by atoms with E-state index in [0.29, 0.717) is 5.56 Å². The van der Waals surface area contributed by atoms with Crippen molar-refractivity contribution in [3.8, 4) is 0 Å². The summed E-state index contributed by atoms with van der Waals surface area (Å²) in [5.74, 6) is -0.00287. The third kappa shape index (κ3) is 6.15. The number of thiol groups is 1. The minimum atomic E-state index is -0.00287. The van der Waals surface area contributed by atoms with Crippen molar-refractivity contribution in [3.05, 3.63) is 29.8 Å². The van der Waals surface area contributed by atoms with Crippen molar-refractivity contribution in [2.24, 2.45) is 5.41 Å². The molecule has 0 spiro atoms. The summed E-state index contributed by atoms with van der Waals surface area (Å²) in [5.41, 5.74) is 0.857. The van der Waals surface area contributed by atoms with Gasteiger partial charge in [-0.05, 0) is 36.1 Å². The predicted molar refractivity (Wildman–Crippen MR) is 84.0 cm³/mol.